The summed E-state index contributed by atoms with van der Waals surface area (Å²) in [4.78, 5) is 4.85. The summed E-state index contributed by atoms with van der Waals surface area (Å²) in [5.41, 5.74) is 16.0. The first kappa shape index (κ1) is 58.0. The molecule has 8 heteroatoms. The van der Waals surface area contributed by atoms with Gasteiger partial charge in [-0.25, -0.2) is 0 Å². The van der Waals surface area contributed by atoms with Crippen LogP contribution >= 0.6 is 0 Å². The zero-order valence-electron chi connectivity index (χ0n) is 49.8. The Morgan fingerprint density at radius 2 is 0.788 bits per heavy atom. The Morgan fingerprint density at radius 3 is 1.26 bits per heavy atom. The number of anilines is 6. The third-order valence-corrected chi connectivity index (χ3v) is 18.1. The first-order valence-corrected chi connectivity index (χ1v) is 31.2. The summed E-state index contributed by atoms with van der Waals surface area (Å²) in [5.74, 6) is 0. The molecule has 12 rings (SSSR count). The Bertz CT molecular complexity index is 3500. The van der Waals surface area contributed by atoms with Crippen LogP contribution < -0.4 is 9.80 Å². The lowest BCUT2D eigenvalue weighted by molar-refractivity contribution is -0.150. The maximum atomic E-state index is 6.28. The Kier molecular flexibility index (Phi) is 18.6. The Balaban J connectivity index is 0.847. The molecule has 0 radical (unpaired) electrons. The molecule has 9 aromatic carbocycles. The van der Waals surface area contributed by atoms with Gasteiger partial charge in [-0.05, 0) is 168 Å². The van der Waals surface area contributed by atoms with E-state index in [9.17, 15) is 0 Å². The molecule has 0 amide bonds. The largest absolute Gasteiger partial charge is 0.381 e. The van der Waals surface area contributed by atoms with Crippen LogP contribution in [0.4, 0.5) is 34.1 Å². The predicted molar refractivity (Wildman–Crippen MR) is 346 cm³/mol. The van der Waals surface area contributed by atoms with Crippen LogP contribution in [0.5, 0.6) is 0 Å². The van der Waals surface area contributed by atoms with Crippen molar-refractivity contribution < 1.29 is 28.4 Å². The molecule has 85 heavy (non-hydrogen) atoms. The number of nitrogens with zero attached hydrogens (tertiary/aromatic N) is 2. The highest BCUT2D eigenvalue weighted by molar-refractivity contribution is 6.11. The zero-order valence-corrected chi connectivity index (χ0v) is 49.8. The normalized spacial score (nSPS) is 15.2. The summed E-state index contributed by atoms with van der Waals surface area (Å²) >= 11 is 0. The fourth-order valence-electron chi connectivity index (χ4n) is 12.8. The van der Waals surface area contributed by atoms with Crippen LogP contribution in [0.1, 0.15) is 98.6 Å². The number of fused-ring (bicyclic) bond motifs is 5. The van der Waals surface area contributed by atoms with Gasteiger partial charge in [-0.15, -0.1) is 0 Å². The Labute approximate surface area is 504 Å². The van der Waals surface area contributed by atoms with Crippen LogP contribution in [-0.2, 0) is 47.0 Å². The van der Waals surface area contributed by atoms with E-state index in [1.165, 1.54) is 44.2 Å². The lowest BCUT2D eigenvalue weighted by Gasteiger charge is -2.40. The predicted octanol–water partition coefficient (Wildman–Crippen LogP) is 18.4. The summed E-state index contributed by atoms with van der Waals surface area (Å²) in [5, 5.41) is 2.39. The highest BCUT2D eigenvalue weighted by Gasteiger charge is 2.48. The number of hydrogen-bond acceptors (Lipinski definition) is 8. The molecule has 2 fully saturated rings. The van der Waals surface area contributed by atoms with Gasteiger partial charge in [0, 0.05) is 71.1 Å². The number of hydrogen-bond donors (Lipinski definition) is 0. The maximum absolute atomic E-state index is 6.28. The van der Waals surface area contributed by atoms with E-state index >= 15 is 0 Å². The first-order chi connectivity index (χ1) is 42.0. The van der Waals surface area contributed by atoms with Crippen molar-refractivity contribution in [1.29, 1.82) is 0 Å². The van der Waals surface area contributed by atoms with Crippen molar-refractivity contribution in [3.05, 3.63) is 252 Å². The van der Waals surface area contributed by atoms with Gasteiger partial charge in [0.15, 0.2) is 0 Å². The molecule has 2 saturated heterocycles. The molecule has 0 aromatic heterocycles. The second kappa shape index (κ2) is 27.3. The standard InChI is InChI=1S/C77H82N2O6/c1-3-75(55-84-56-75)53-82-47-23-9-21-45-80-51-59-35-39-65(40-36-59)78(63-29-15-7-16-30-63)67-43-44-70-71(49-67)77(61-25-11-5-12-26-61,62-27-13-6-14-28-62)72-50-73(68-33-19-20-34-69(68)74(70)72)79(64-31-17-8-18-32-64)66-41-37-60(38-42-66)52-81-46-22-10-24-48-83-54-76(4-2)57-85-58-76/h5-8,11-20,25-44,49-50H,3-4,9-10,21-24,45-48,51-58H2,1-2H3. The smallest absolute Gasteiger partial charge is 0.0716 e. The average Bonchev–Trinajstić information content (AvgIpc) is 1.62. The quantitative estimate of drug-likeness (QED) is 0.0413. The van der Waals surface area contributed by atoms with Gasteiger partial charge in [0.2, 0.25) is 0 Å². The van der Waals surface area contributed by atoms with Crippen molar-refractivity contribution in [2.24, 2.45) is 10.8 Å². The average molecular weight is 1130 g/mol. The monoisotopic (exact) mass is 1130 g/mol. The van der Waals surface area contributed by atoms with Crippen molar-refractivity contribution in [2.75, 3.05) is 75.9 Å². The number of para-hydroxylation sites is 2. The van der Waals surface area contributed by atoms with E-state index in [0.29, 0.717) is 13.2 Å². The summed E-state index contributed by atoms with van der Waals surface area (Å²) in [6, 6.07) is 80.6. The molecule has 0 N–H and O–H groups in total. The van der Waals surface area contributed by atoms with Crippen molar-refractivity contribution in [3.63, 3.8) is 0 Å². The zero-order chi connectivity index (χ0) is 57.7. The van der Waals surface area contributed by atoms with Crippen molar-refractivity contribution in [1.82, 2.24) is 0 Å². The van der Waals surface area contributed by atoms with Gasteiger partial charge in [-0.3, -0.25) is 0 Å². The topological polar surface area (TPSA) is 61.9 Å². The molecule has 0 atom stereocenters. The SMILES string of the molecule is CCC1(COCCCCCOCc2ccc(N(c3ccccc3)c3ccc4c(c3)C(c3ccccc3)(c3ccccc3)c3cc(N(c5ccccc5)c5ccc(COCCCCCOCC6(CC)COC6)cc5)c5ccccc5c3-4)cc2)COC1. The summed E-state index contributed by atoms with van der Waals surface area (Å²) in [7, 11) is 0. The number of ether oxygens (including phenoxy) is 6. The third kappa shape index (κ3) is 12.5. The van der Waals surface area contributed by atoms with E-state index in [4.69, 9.17) is 28.4 Å². The minimum atomic E-state index is -0.707. The highest BCUT2D eigenvalue weighted by Crippen LogP contribution is 2.61. The van der Waals surface area contributed by atoms with Crippen LogP contribution in [0.15, 0.2) is 218 Å². The summed E-state index contributed by atoms with van der Waals surface area (Å²) in [6.45, 7) is 13.6. The van der Waals surface area contributed by atoms with Gasteiger partial charge >= 0.3 is 0 Å². The molecule has 2 heterocycles. The van der Waals surface area contributed by atoms with Gasteiger partial charge in [-0.1, -0.05) is 166 Å². The van der Waals surface area contributed by atoms with Crippen LogP contribution in [0.3, 0.4) is 0 Å². The van der Waals surface area contributed by atoms with Gasteiger partial charge < -0.3 is 38.2 Å². The van der Waals surface area contributed by atoms with E-state index in [1.807, 2.05) is 0 Å². The van der Waals surface area contributed by atoms with Crippen LogP contribution in [-0.4, -0.2) is 66.1 Å². The van der Waals surface area contributed by atoms with E-state index in [2.05, 4.69) is 242 Å². The summed E-state index contributed by atoms with van der Waals surface area (Å²) in [6.07, 6.45) is 8.52. The number of rotatable bonds is 30. The van der Waals surface area contributed by atoms with Gasteiger partial charge in [0.1, 0.15) is 0 Å². The van der Waals surface area contributed by atoms with E-state index in [-0.39, 0.29) is 10.8 Å². The van der Waals surface area contributed by atoms with Gasteiger partial charge in [-0.2, -0.15) is 0 Å². The van der Waals surface area contributed by atoms with Crippen molar-refractivity contribution >= 4 is 44.9 Å². The molecule has 0 unspecified atom stereocenters. The highest BCUT2D eigenvalue weighted by atomic mass is 16.5. The second-order valence-corrected chi connectivity index (χ2v) is 23.8. The molecular formula is C77H82N2O6. The molecule has 3 aliphatic rings. The molecule has 9 aromatic rings. The van der Waals surface area contributed by atoms with E-state index in [0.717, 1.165) is 163 Å². The lowest BCUT2D eigenvalue weighted by Crippen LogP contribution is -2.45. The minimum Gasteiger partial charge on any atom is -0.381 e. The molecule has 1 aliphatic carbocycles. The summed E-state index contributed by atoms with van der Waals surface area (Å²) < 4.78 is 35.6. The van der Waals surface area contributed by atoms with E-state index < -0.39 is 5.41 Å². The minimum absolute atomic E-state index is 0.237. The van der Waals surface area contributed by atoms with Crippen LogP contribution in [0.25, 0.3) is 21.9 Å². The van der Waals surface area contributed by atoms with Gasteiger partial charge in [0.05, 0.1) is 64.0 Å². The second-order valence-electron chi connectivity index (χ2n) is 23.8. The van der Waals surface area contributed by atoms with Gasteiger partial charge in [0.25, 0.3) is 0 Å². The molecule has 2 aliphatic heterocycles. The fourth-order valence-corrected chi connectivity index (χ4v) is 12.8. The maximum Gasteiger partial charge on any atom is 0.0716 e. The third-order valence-electron chi connectivity index (χ3n) is 18.1. The number of unbranched alkanes of at least 4 members (excludes halogenated alkanes) is 4. The molecule has 0 bridgehead atoms. The number of benzene rings is 9. The Hall–Kier alpha value is -7.40. The van der Waals surface area contributed by atoms with E-state index in [1.54, 1.807) is 0 Å². The van der Waals surface area contributed by atoms with Crippen molar-refractivity contribution in [3.8, 4) is 11.1 Å². The van der Waals surface area contributed by atoms with Crippen LogP contribution in [0, 0.1) is 10.8 Å². The first-order valence-electron chi connectivity index (χ1n) is 31.2. The molecule has 0 spiro atoms. The van der Waals surface area contributed by atoms with Crippen molar-refractivity contribution in [2.45, 2.75) is 83.8 Å². The lowest BCUT2D eigenvalue weighted by atomic mass is 9.67. The molecule has 8 nitrogen and oxygen atoms in total. The Morgan fingerprint density at radius 1 is 0.376 bits per heavy atom. The fraction of sp³-hybridized carbons (Fsp3) is 0.325. The molecule has 0 saturated carbocycles. The molecular weight excluding hydrogens is 1050 g/mol. The van der Waals surface area contributed by atoms with Crippen LogP contribution in [0.2, 0.25) is 0 Å². The molecule has 436 valence electrons.